The van der Waals surface area contributed by atoms with Gasteiger partial charge in [-0.3, -0.25) is 19.1 Å². The minimum absolute atomic E-state index is 0.140. The van der Waals surface area contributed by atoms with E-state index in [-0.39, 0.29) is 29.4 Å². The number of ether oxygens (including phenoxy) is 1. The second-order valence-corrected chi connectivity index (χ2v) is 9.09. The summed E-state index contributed by atoms with van der Waals surface area (Å²) in [6.45, 7) is 0.435. The number of fused-ring (bicyclic) bond motifs is 2. The minimum Gasteiger partial charge on any atom is -0.444 e. The Morgan fingerprint density at radius 1 is 1.18 bits per heavy atom. The van der Waals surface area contributed by atoms with Crippen molar-refractivity contribution in [3.63, 3.8) is 0 Å². The quantitative estimate of drug-likeness (QED) is 0.566. The Morgan fingerprint density at radius 3 is 2.88 bits per heavy atom. The number of hydrogen-bond donors (Lipinski definition) is 2. The average Bonchev–Trinajstić information content (AvgIpc) is 3.15. The van der Waals surface area contributed by atoms with E-state index in [4.69, 9.17) is 16.3 Å². The maximum absolute atomic E-state index is 12.8. The summed E-state index contributed by atoms with van der Waals surface area (Å²) < 4.78 is 6.55. The second kappa shape index (κ2) is 8.56. The number of pyridine rings is 1. The van der Waals surface area contributed by atoms with Crippen LogP contribution in [0.2, 0.25) is 5.02 Å². The molecule has 33 heavy (non-hydrogen) atoms. The van der Waals surface area contributed by atoms with Crippen LogP contribution < -0.4 is 21.5 Å². The van der Waals surface area contributed by atoms with Gasteiger partial charge in [0.25, 0.3) is 5.56 Å². The number of nitrogens with zero attached hydrogens (tertiary/aromatic N) is 3. The van der Waals surface area contributed by atoms with E-state index in [0.717, 1.165) is 9.46 Å². The number of anilines is 2. The number of nitrogens with one attached hydrogen (secondary N) is 2. The molecule has 2 aliphatic rings. The fourth-order valence-corrected chi connectivity index (χ4v) is 4.91. The molecule has 10 nitrogen and oxygen atoms in total. The molecule has 0 aliphatic carbocycles. The number of hydrogen-bond acceptors (Lipinski definition) is 7. The highest BCUT2D eigenvalue weighted by Crippen LogP contribution is 2.33. The molecule has 2 aromatic heterocycles. The van der Waals surface area contributed by atoms with Crippen LogP contribution in [0.3, 0.4) is 0 Å². The third kappa shape index (κ3) is 4.09. The summed E-state index contributed by atoms with van der Waals surface area (Å²) in [6.07, 6.45) is -0.0609. The molecule has 2 aliphatic heterocycles. The first-order valence-corrected chi connectivity index (χ1v) is 11.6. The van der Waals surface area contributed by atoms with E-state index in [0.29, 0.717) is 35.7 Å². The first-order chi connectivity index (χ1) is 15.9. The molecule has 2 amide bonds. The fourth-order valence-electron chi connectivity index (χ4n) is 3.90. The predicted molar refractivity (Wildman–Crippen MR) is 124 cm³/mol. The molecule has 3 aromatic rings. The summed E-state index contributed by atoms with van der Waals surface area (Å²) in [4.78, 5) is 58.4. The van der Waals surface area contributed by atoms with Crippen molar-refractivity contribution in [2.45, 2.75) is 30.4 Å². The second-order valence-electron chi connectivity index (χ2n) is 7.66. The zero-order chi connectivity index (χ0) is 23.1. The number of carbonyl (C=O) groups excluding carboxylic acids is 2. The van der Waals surface area contributed by atoms with Crippen LogP contribution in [0, 0.1) is 0 Å². The Balaban J connectivity index is 1.26. The van der Waals surface area contributed by atoms with Gasteiger partial charge in [0.1, 0.15) is 17.7 Å². The van der Waals surface area contributed by atoms with Crippen LogP contribution in [0.5, 0.6) is 0 Å². The first kappa shape index (κ1) is 21.5. The molecule has 2 N–H and O–H groups in total. The van der Waals surface area contributed by atoms with Gasteiger partial charge < -0.3 is 15.0 Å². The van der Waals surface area contributed by atoms with E-state index in [1.165, 1.54) is 16.7 Å². The molecule has 170 valence electrons. The molecule has 1 saturated heterocycles. The van der Waals surface area contributed by atoms with Gasteiger partial charge in [-0.15, -0.1) is 11.8 Å². The maximum Gasteiger partial charge on any atom is 0.415 e. The van der Waals surface area contributed by atoms with Crippen molar-refractivity contribution in [2.75, 3.05) is 22.5 Å². The van der Waals surface area contributed by atoms with E-state index in [9.17, 15) is 19.2 Å². The van der Waals surface area contributed by atoms with Gasteiger partial charge in [0.2, 0.25) is 5.91 Å². The lowest BCUT2D eigenvalue weighted by Crippen LogP contribution is -2.35. The molecule has 0 spiro atoms. The van der Waals surface area contributed by atoms with E-state index in [1.54, 1.807) is 24.3 Å². The number of H-pyrrole nitrogens is 1. The van der Waals surface area contributed by atoms with Gasteiger partial charge in [0, 0.05) is 6.54 Å². The highest BCUT2D eigenvalue weighted by atomic mass is 35.5. The number of aromatic amines is 1. The molecular weight excluding hydrogens is 470 g/mol. The number of benzene rings is 1. The Morgan fingerprint density at radius 2 is 2.03 bits per heavy atom. The molecule has 1 atom stereocenters. The average molecular weight is 488 g/mol. The number of rotatable bonds is 5. The van der Waals surface area contributed by atoms with Crippen molar-refractivity contribution in [2.24, 2.45) is 0 Å². The lowest BCUT2D eigenvalue weighted by molar-refractivity contribution is -0.113. The molecule has 1 fully saturated rings. The molecule has 0 saturated carbocycles. The Hall–Kier alpha value is -3.31. The van der Waals surface area contributed by atoms with E-state index in [2.05, 4.69) is 15.3 Å². The Labute approximate surface area is 195 Å². The Bertz CT molecular complexity index is 1400. The number of amides is 2. The maximum atomic E-state index is 12.8. The fraction of sp³-hybridized carbons (Fsp3) is 0.286. The minimum atomic E-state index is -0.533. The van der Waals surface area contributed by atoms with Crippen molar-refractivity contribution in [3.8, 4) is 0 Å². The van der Waals surface area contributed by atoms with Crippen molar-refractivity contribution >= 4 is 57.9 Å². The van der Waals surface area contributed by atoms with E-state index in [1.807, 2.05) is 6.07 Å². The van der Waals surface area contributed by atoms with Crippen LogP contribution in [0.4, 0.5) is 16.4 Å². The van der Waals surface area contributed by atoms with Crippen molar-refractivity contribution < 1.29 is 14.3 Å². The SMILES string of the molecule is O=C1CSc2ccc(N3C[C@H](CCCn4c(=O)[nH]c5cccc(Cl)c5c4=O)OC3=O)nc2N1. The van der Waals surface area contributed by atoms with Crippen molar-refractivity contribution in [1.82, 2.24) is 14.5 Å². The van der Waals surface area contributed by atoms with Crippen LogP contribution in [0.1, 0.15) is 12.8 Å². The third-order valence-corrected chi connectivity index (χ3v) is 6.84. The molecule has 5 rings (SSSR count). The van der Waals surface area contributed by atoms with Gasteiger partial charge in [0.05, 0.1) is 33.1 Å². The van der Waals surface area contributed by atoms with Crippen molar-refractivity contribution in [1.29, 1.82) is 0 Å². The molecular formula is C21H18ClN5O5S. The van der Waals surface area contributed by atoms with E-state index >= 15 is 0 Å². The van der Waals surface area contributed by atoms with Crippen LogP contribution in [0.15, 0.2) is 44.8 Å². The Kier molecular flexibility index (Phi) is 5.59. The van der Waals surface area contributed by atoms with Crippen LogP contribution in [-0.4, -0.2) is 44.9 Å². The predicted octanol–water partition coefficient (Wildman–Crippen LogP) is 2.59. The molecule has 0 radical (unpaired) electrons. The van der Waals surface area contributed by atoms with Gasteiger partial charge in [0.15, 0.2) is 0 Å². The highest BCUT2D eigenvalue weighted by Gasteiger charge is 2.33. The monoisotopic (exact) mass is 487 g/mol. The standard InChI is InChI=1S/C21H18ClN5O5S/c22-12-4-1-5-13-17(12)19(29)26(20(30)23-13)8-2-3-11-9-27(21(31)32-11)15-7-6-14-18(24-15)25-16(28)10-33-14/h1,4-7,11H,2-3,8-10H2,(H,23,30)(H,24,25,28)/t11-/m0/s1. The van der Waals surface area contributed by atoms with Crippen LogP contribution in [0.25, 0.3) is 10.9 Å². The highest BCUT2D eigenvalue weighted by molar-refractivity contribution is 8.00. The molecule has 1 aromatic carbocycles. The van der Waals surface area contributed by atoms with Crippen LogP contribution in [-0.2, 0) is 16.1 Å². The third-order valence-electron chi connectivity index (χ3n) is 5.48. The largest absolute Gasteiger partial charge is 0.444 e. The number of carbonyl (C=O) groups is 2. The molecule has 0 unspecified atom stereocenters. The van der Waals surface area contributed by atoms with Gasteiger partial charge in [-0.05, 0) is 37.1 Å². The zero-order valence-corrected chi connectivity index (χ0v) is 18.7. The van der Waals surface area contributed by atoms with Gasteiger partial charge in [-0.1, -0.05) is 17.7 Å². The summed E-state index contributed by atoms with van der Waals surface area (Å²) in [6, 6.07) is 8.41. The zero-order valence-electron chi connectivity index (χ0n) is 17.2. The number of aromatic nitrogens is 3. The first-order valence-electron chi connectivity index (χ1n) is 10.2. The summed E-state index contributed by atoms with van der Waals surface area (Å²) in [5.41, 5.74) is -0.582. The number of thioether (sulfide) groups is 1. The number of cyclic esters (lactones) is 1. The lowest BCUT2D eigenvalue weighted by atomic mass is 10.2. The summed E-state index contributed by atoms with van der Waals surface area (Å²) in [7, 11) is 0. The normalized spacial score (nSPS) is 17.7. The summed E-state index contributed by atoms with van der Waals surface area (Å²) >= 11 is 7.53. The van der Waals surface area contributed by atoms with Gasteiger partial charge >= 0.3 is 11.8 Å². The van der Waals surface area contributed by atoms with E-state index < -0.39 is 23.4 Å². The summed E-state index contributed by atoms with van der Waals surface area (Å²) in [5.74, 6) is 1.01. The van der Waals surface area contributed by atoms with Crippen LogP contribution >= 0.6 is 23.4 Å². The molecule has 0 bridgehead atoms. The smallest absolute Gasteiger partial charge is 0.415 e. The lowest BCUT2D eigenvalue weighted by Gasteiger charge is -2.18. The molecule has 4 heterocycles. The molecule has 12 heteroatoms. The number of halogens is 1. The topological polar surface area (TPSA) is 126 Å². The van der Waals surface area contributed by atoms with Gasteiger partial charge in [-0.25, -0.2) is 14.6 Å². The summed E-state index contributed by atoms with van der Waals surface area (Å²) in [5, 5.41) is 3.24. The van der Waals surface area contributed by atoms with Crippen molar-refractivity contribution in [3.05, 3.63) is 56.2 Å². The van der Waals surface area contributed by atoms with Gasteiger partial charge in [-0.2, -0.15) is 0 Å².